The van der Waals surface area contributed by atoms with Gasteiger partial charge in [-0.05, 0) is 30.5 Å². The van der Waals surface area contributed by atoms with Crippen LogP contribution in [0.25, 0.3) is 11.3 Å². The van der Waals surface area contributed by atoms with E-state index >= 15 is 0 Å². The molecule has 0 spiro atoms. The first-order valence-corrected chi connectivity index (χ1v) is 7.08. The molecule has 0 aliphatic rings. The fraction of sp³-hybridized carbons (Fsp3) is 0.167. The molecule has 0 aliphatic heterocycles. The molecule has 0 bridgehead atoms. The number of nitrogen functional groups attached to an aromatic ring is 1. The number of aryl methyl sites for hydroxylation is 2. The lowest BCUT2D eigenvalue weighted by molar-refractivity contribution is 0.808. The second-order valence-electron chi connectivity index (χ2n) is 5.36. The molecule has 0 aliphatic carbocycles. The smallest absolute Gasteiger partial charge is 0.131 e. The van der Waals surface area contributed by atoms with E-state index in [9.17, 15) is 0 Å². The molecule has 3 heteroatoms. The summed E-state index contributed by atoms with van der Waals surface area (Å²) in [6, 6.07) is 16.5. The maximum absolute atomic E-state index is 6.32. The van der Waals surface area contributed by atoms with Gasteiger partial charge in [-0.25, -0.2) is 4.98 Å². The Hall–Kier alpha value is -2.55. The van der Waals surface area contributed by atoms with Gasteiger partial charge in [-0.3, -0.25) is 0 Å². The standard InChI is InChI=1S/C18H19N3/c1-13-7-6-8-14(2)16(13)17-18(19)21(12-20-17)11-15-9-4-3-5-10-15/h3-10,12H,11,19H2,1-2H3. The van der Waals surface area contributed by atoms with Crippen molar-refractivity contribution in [2.45, 2.75) is 20.4 Å². The van der Waals surface area contributed by atoms with Crippen LogP contribution in [0.2, 0.25) is 0 Å². The van der Waals surface area contributed by atoms with Gasteiger partial charge in [0.1, 0.15) is 11.5 Å². The Morgan fingerprint density at radius 2 is 1.62 bits per heavy atom. The second kappa shape index (κ2) is 5.44. The summed E-state index contributed by atoms with van der Waals surface area (Å²) in [6.07, 6.45) is 1.82. The summed E-state index contributed by atoms with van der Waals surface area (Å²) in [5.41, 5.74) is 12.0. The van der Waals surface area contributed by atoms with Crippen LogP contribution < -0.4 is 5.73 Å². The number of aromatic nitrogens is 2. The fourth-order valence-electron chi connectivity index (χ4n) is 2.68. The Bertz CT molecular complexity index is 737. The SMILES string of the molecule is Cc1cccc(C)c1-c1ncn(Cc2ccccc2)c1N. The van der Waals surface area contributed by atoms with Gasteiger partial charge in [-0.1, -0.05) is 48.5 Å². The molecule has 106 valence electrons. The zero-order chi connectivity index (χ0) is 14.8. The lowest BCUT2D eigenvalue weighted by atomic mass is 10.00. The number of hydrogen-bond donors (Lipinski definition) is 1. The Morgan fingerprint density at radius 1 is 0.952 bits per heavy atom. The van der Waals surface area contributed by atoms with Crippen molar-refractivity contribution in [1.29, 1.82) is 0 Å². The van der Waals surface area contributed by atoms with Gasteiger partial charge in [0.05, 0.1) is 12.9 Å². The predicted molar refractivity (Wildman–Crippen MR) is 87.1 cm³/mol. The van der Waals surface area contributed by atoms with Crippen molar-refractivity contribution in [2.24, 2.45) is 0 Å². The summed E-state index contributed by atoms with van der Waals surface area (Å²) in [6.45, 7) is 4.93. The molecule has 0 fully saturated rings. The maximum atomic E-state index is 6.32. The molecule has 0 saturated carbocycles. The van der Waals surface area contributed by atoms with Crippen molar-refractivity contribution in [1.82, 2.24) is 9.55 Å². The van der Waals surface area contributed by atoms with Crippen LogP contribution in [-0.2, 0) is 6.54 Å². The molecule has 1 aromatic heterocycles. The van der Waals surface area contributed by atoms with Crippen molar-refractivity contribution in [3.63, 3.8) is 0 Å². The van der Waals surface area contributed by atoms with E-state index in [0.29, 0.717) is 0 Å². The minimum absolute atomic E-state index is 0.719. The zero-order valence-electron chi connectivity index (χ0n) is 12.4. The molecule has 3 nitrogen and oxygen atoms in total. The normalized spacial score (nSPS) is 10.8. The third-order valence-electron chi connectivity index (χ3n) is 3.79. The van der Waals surface area contributed by atoms with Crippen molar-refractivity contribution in [3.05, 3.63) is 71.5 Å². The highest BCUT2D eigenvalue weighted by Crippen LogP contribution is 2.30. The number of anilines is 1. The van der Waals surface area contributed by atoms with E-state index in [0.717, 1.165) is 23.6 Å². The summed E-state index contributed by atoms with van der Waals surface area (Å²) in [4.78, 5) is 4.54. The Kier molecular flexibility index (Phi) is 3.48. The highest BCUT2D eigenvalue weighted by Gasteiger charge is 2.14. The number of benzene rings is 2. The van der Waals surface area contributed by atoms with Crippen LogP contribution >= 0.6 is 0 Å². The van der Waals surface area contributed by atoms with Crippen molar-refractivity contribution in [2.75, 3.05) is 5.73 Å². The minimum atomic E-state index is 0.719. The van der Waals surface area contributed by atoms with Crippen LogP contribution in [0.15, 0.2) is 54.9 Å². The van der Waals surface area contributed by atoms with Gasteiger partial charge in [0.2, 0.25) is 0 Å². The van der Waals surface area contributed by atoms with Crippen LogP contribution in [0.1, 0.15) is 16.7 Å². The summed E-state index contributed by atoms with van der Waals surface area (Å²) >= 11 is 0. The van der Waals surface area contributed by atoms with E-state index in [2.05, 4.69) is 49.2 Å². The molecule has 2 N–H and O–H groups in total. The topological polar surface area (TPSA) is 43.8 Å². The van der Waals surface area contributed by atoms with Crippen LogP contribution in [0.5, 0.6) is 0 Å². The predicted octanol–water partition coefficient (Wildman–Crippen LogP) is 3.80. The lowest BCUT2D eigenvalue weighted by Gasteiger charge is -2.09. The van der Waals surface area contributed by atoms with Gasteiger partial charge >= 0.3 is 0 Å². The quantitative estimate of drug-likeness (QED) is 0.791. The van der Waals surface area contributed by atoms with Crippen LogP contribution in [0, 0.1) is 13.8 Å². The first kappa shape index (κ1) is 13.4. The summed E-state index contributed by atoms with van der Waals surface area (Å²) in [5.74, 6) is 0.719. The van der Waals surface area contributed by atoms with E-state index < -0.39 is 0 Å². The largest absolute Gasteiger partial charge is 0.383 e. The first-order valence-electron chi connectivity index (χ1n) is 7.08. The van der Waals surface area contributed by atoms with Crippen LogP contribution in [0.4, 0.5) is 5.82 Å². The van der Waals surface area contributed by atoms with Crippen molar-refractivity contribution >= 4 is 5.82 Å². The number of nitrogens with zero attached hydrogens (tertiary/aromatic N) is 2. The van der Waals surface area contributed by atoms with E-state index in [-0.39, 0.29) is 0 Å². The van der Waals surface area contributed by atoms with E-state index in [1.807, 2.05) is 29.1 Å². The van der Waals surface area contributed by atoms with Gasteiger partial charge in [0, 0.05) is 5.56 Å². The van der Waals surface area contributed by atoms with Gasteiger partial charge in [0.15, 0.2) is 0 Å². The maximum Gasteiger partial charge on any atom is 0.131 e. The molecule has 0 saturated heterocycles. The number of hydrogen-bond acceptors (Lipinski definition) is 2. The molecule has 0 amide bonds. The second-order valence-corrected chi connectivity index (χ2v) is 5.36. The molecule has 2 aromatic carbocycles. The molecular formula is C18H19N3. The van der Waals surface area contributed by atoms with Gasteiger partial charge < -0.3 is 10.3 Å². The Morgan fingerprint density at radius 3 is 2.29 bits per heavy atom. The summed E-state index contributed by atoms with van der Waals surface area (Å²) in [7, 11) is 0. The third kappa shape index (κ3) is 2.55. The van der Waals surface area contributed by atoms with Gasteiger partial charge in [-0.15, -0.1) is 0 Å². The fourth-order valence-corrected chi connectivity index (χ4v) is 2.68. The van der Waals surface area contributed by atoms with Crippen LogP contribution in [-0.4, -0.2) is 9.55 Å². The van der Waals surface area contributed by atoms with Crippen molar-refractivity contribution in [3.8, 4) is 11.3 Å². The van der Waals surface area contributed by atoms with Crippen LogP contribution in [0.3, 0.4) is 0 Å². The van der Waals surface area contributed by atoms with E-state index in [1.54, 1.807) is 0 Å². The number of rotatable bonds is 3. The Balaban J connectivity index is 2.00. The van der Waals surface area contributed by atoms with E-state index in [4.69, 9.17) is 5.73 Å². The lowest BCUT2D eigenvalue weighted by Crippen LogP contribution is -2.03. The summed E-state index contributed by atoms with van der Waals surface area (Å²) in [5, 5.41) is 0. The highest BCUT2D eigenvalue weighted by atomic mass is 15.1. The van der Waals surface area contributed by atoms with Gasteiger partial charge in [0.25, 0.3) is 0 Å². The highest BCUT2D eigenvalue weighted by molar-refractivity contribution is 5.75. The molecule has 0 atom stereocenters. The third-order valence-corrected chi connectivity index (χ3v) is 3.79. The average molecular weight is 277 g/mol. The molecule has 0 unspecified atom stereocenters. The molecule has 21 heavy (non-hydrogen) atoms. The molecule has 0 radical (unpaired) electrons. The molecule has 3 rings (SSSR count). The zero-order valence-corrected chi connectivity index (χ0v) is 12.4. The monoisotopic (exact) mass is 277 g/mol. The van der Waals surface area contributed by atoms with Crippen molar-refractivity contribution < 1.29 is 0 Å². The number of imidazole rings is 1. The van der Waals surface area contributed by atoms with Gasteiger partial charge in [-0.2, -0.15) is 0 Å². The molecule has 1 heterocycles. The summed E-state index contributed by atoms with van der Waals surface area (Å²) < 4.78 is 2.00. The minimum Gasteiger partial charge on any atom is -0.383 e. The first-order chi connectivity index (χ1) is 10.2. The molecule has 3 aromatic rings. The van der Waals surface area contributed by atoms with E-state index in [1.165, 1.54) is 16.7 Å². The molecular weight excluding hydrogens is 258 g/mol. The Labute approximate surface area is 125 Å². The number of nitrogens with two attached hydrogens (primary N) is 1. The average Bonchev–Trinajstić information content (AvgIpc) is 2.82.